The topological polar surface area (TPSA) is 6.48 Å². The first-order valence-electron chi connectivity index (χ1n) is 8.13. The van der Waals surface area contributed by atoms with Crippen molar-refractivity contribution in [2.75, 3.05) is 26.2 Å². The van der Waals surface area contributed by atoms with Crippen LogP contribution in [-0.4, -0.2) is 48.1 Å². The number of piperazine rings is 1. The van der Waals surface area contributed by atoms with Gasteiger partial charge in [-0.3, -0.25) is 9.80 Å². The molecule has 2 heterocycles. The van der Waals surface area contributed by atoms with E-state index in [0.29, 0.717) is 5.41 Å². The Morgan fingerprint density at radius 1 is 1.22 bits per heavy atom. The minimum atomic E-state index is 0.689. The SMILES string of the molecule is CCC1CN2CCCC2CN1CC1(C(C)C)CC1. The van der Waals surface area contributed by atoms with Crippen molar-refractivity contribution in [3.8, 4) is 0 Å². The Morgan fingerprint density at radius 3 is 2.61 bits per heavy atom. The van der Waals surface area contributed by atoms with Crippen LogP contribution in [0.2, 0.25) is 0 Å². The summed E-state index contributed by atoms with van der Waals surface area (Å²) in [5, 5.41) is 0. The van der Waals surface area contributed by atoms with Crippen molar-refractivity contribution in [2.45, 2.75) is 65.0 Å². The molecule has 18 heavy (non-hydrogen) atoms. The molecule has 0 bridgehead atoms. The largest absolute Gasteiger partial charge is 0.298 e. The van der Waals surface area contributed by atoms with Crippen LogP contribution >= 0.6 is 0 Å². The summed E-state index contributed by atoms with van der Waals surface area (Å²) in [5.74, 6) is 0.872. The van der Waals surface area contributed by atoms with Gasteiger partial charge in [0.05, 0.1) is 0 Å². The maximum atomic E-state index is 2.86. The molecule has 2 nitrogen and oxygen atoms in total. The van der Waals surface area contributed by atoms with E-state index in [1.807, 2.05) is 0 Å². The summed E-state index contributed by atoms with van der Waals surface area (Å²) in [6.07, 6.45) is 7.17. The van der Waals surface area contributed by atoms with Crippen LogP contribution in [0.3, 0.4) is 0 Å². The van der Waals surface area contributed by atoms with Crippen LogP contribution in [0, 0.1) is 11.3 Å². The monoisotopic (exact) mass is 250 g/mol. The van der Waals surface area contributed by atoms with E-state index in [-0.39, 0.29) is 0 Å². The first-order chi connectivity index (χ1) is 8.64. The first kappa shape index (κ1) is 12.9. The Labute approximate surface area is 113 Å². The molecule has 0 N–H and O–H groups in total. The molecule has 3 aliphatic rings. The molecule has 0 amide bonds. The molecule has 104 valence electrons. The molecular formula is C16H30N2. The van der Waals surface area contributed by atoms with E-state index < -0.39 is 0 Å². The molecule has 0 radical (unpaired) electrons. The van der Waals surface area contributed by atoms with E-state index in [2.05, 4.69) is 30.6 Å². The Hall–Kier alpha value is -0.0800. The highest BCUT2D eigenvalue weighted by molar-refractivity contribution is 5.01. The fourth-order valence-electron chi connectivity index (χ4n) is 4.21. The molecule has 2 saturated heterocycles. The summed E-state index contributed by atoms with van der Waals surface area (Å²) in [7, 11) is 0. The van der Waals surface area contributed by atoms with Crippen LogP contribution in [-0.2, 0) is 0 Å². The van der Waals surface area contributed by atoms with Crippen LogP contribution < -0.4 is 0 Å². The second kappa shape index (κ2) is 4.79. The van der Waals surface area contributed by atoms with Crippen LogP contribution in [0.4, 0.5) is 0 Å². The maximum Gasteiger partial charge on any atom is 0.0224 e. The van der Waals surface area contributed by atoms with Gasteiger partial charge in [-0.1, -0.05) is 20.8 Å². The molecule has 3 fully saturated rings. The molecule has 2 aliphatic heterocycles. The highest BCUT2D eigenvalue weighted by Gasteiger charge is 2.48. The van der Waals surface area contributed by atoms with Gasteiger partial charge in [-0.15, -0.1) is 0 Å². The van der Waals surface area contributed by atoms with E-state index in [0.717, 1.165) is 18.0 Å². The van der Waals surface area contributed by atoms with Crippen molar-refractivity contribution < 1.29 is 0 Å². The Bertz CT molecular complexity index is 295. The highest BCUT2D eigenvalue weighted by Crippen LogP contribution is 2.52. The van der Waals surface area contributed by atoms with Gasteiger partial charge in [0.1, 0.15) is 0 Å². The zero-order valence-electron chi connectivity index (χ0n) is 12.5. The van der Waals surface area contributed by atoms with Crippen LogP contribution in [0.5, 0.6) is 0 Å². The van der Waals surface area contributed by atoms with Crippen molar-refractivity contribution >= 4 is 0 Å². The molecule has 1 aliphatic carbocycles. The predicted molar refractivity (Wildman–Crippen MR) is 76.8 cm³/mol. The van der Waals surface area contributed by atoms with Crippen molar-refractivity contribution in [1.29, 1.82) is 0 Å². The van der Waals surface area contributed by atoms with E-state index >= 15 is 0 Å². The fraction of sp³-hybridized carbons (Fsp3) is 1.00. The van der Waals surface area contributed by atoms with E-state index in [1.165, 1.54) is 58.3 Å². The summed E-state index contributed by atoms with van der Waals surface area (Å²) in [6, 6.07) is 1.71. The minimum Gasteiger partial charge on any atom is -0.298 e. The van der Waals surface area contributed by atoms with Crippen molar-refractivity contribution in [2.24, 2.45) is 11.3 Å². The highest BCUT2D eigenvalue weighted by atomic mass is 15.3. The smallest absolute Gasteiger partial charge is 0.0224 e. The van der Waals surface area contributed by atoms with Crippen LogP contribution in [0.25, 0.3) is 0 Å². The fourth-order valence-corrected chi connectivity index (χ4v) is 4.21. The van der Waals surface area contributed by atoms with E-state index in [1.54, 1.807) is 0 Å². The standard InChI is InChI=1S/C16H30N2/c1-4-14-10-17-9-5-6-15(17)11-18(14)12-16(7-8-16)13(2)3/h13-15H,4-12H2,1-3H3. The summed E-state index contributed by atoms with van der Waals surface area (Å²) >= 11 is 0. The molecule has 0 aromatic carbocycles. The average molecular weight is 250 g/mol. The molecule has 0 aromatic rings. The summed E-state index contributed by atoms with van der Waals surface area (Å²) in [5.41, 5.74) is 0.689. The van der Waals surface area contributed by atoms with Crippen molar-refractivity contribution in [1.82, 2.24) is 9.80 Å². The lowest BCUT2D eigenvalue weighted by Crippen LogP contribution is -2.57. The lowest BCUT2D eigenvalue weighted by Gasteiger charge is -2.45. The Morgan fingerprint density at radius 2 is 2.00 bits per heavy atom. The van der Waals surface area contributed by atoms with Gasteiger partial charge in [-0.25, -0.2) is 0 Å². The van der Waals surface area contributed by atoms with Gasteiger partial charge in [-0.2, -0.15) is 0 Å². The summed E-state index contributed by atoms with van der Waals surface area (Å²) < 4.78 is 0. The second-order valence-corrected chi connectivity index (χ2v) is 7.30. The van der Waals surface area contributed by atoms with Gasteiger partial charge in [0.15, 0.2) is 0 Å². The predicted octanol–water partition coefficient (Wildman–Crippen LogP) is 2.98. The molecule has 0 spiro atoms. The zero-order valence-corrected chi connectivity index (χ0v) is 12.5. The molecule has 3 rings (SSSR count). The van der Waals surface area contributed by atoms with E-state index in [9.17, 15) is 0 Å². The van der Waals surface area contributed by atoms with E-state index in [4.69, 9.17) is 0 Å². The third kappa shape index (κ3) is 2.22. The number of rotatable bonds is 4. The van der Waals surface area contributed by atoms with Crippen molar-refractivity contribution in [3.63, 3.8) is 0 Å². The molecule has 1 saturated carbocycles. The van der Waals surface area contributed by atoms with Crippen LogP contribution in [0.15, 0.2) is 0 Å². The molecule has 2 unspecified atom stereocenters. The van der Waals surface area contributed by atoms with Gasteiger partial charge >= 0.3 is 0 Å². The molecular weight excluding hydrogens is 220 g/mol. The minimum absolute atomic E-state index is 0.689. The third-order valence-corrected chi connectivity index (χ3v) is 6.01. The number of hydrogen-bond acceptors (Lipinski definition) is 2. The van der Waals surface area contributed by atoms with Gasteiger partial charge in [0.25, 0.3) is 0 Å². The number of hydrogen-bond donors (Lipinski definition) is 0. The van der Waals surface area contributed by atoms with Crippen molar-refractivity contribution in [3.05, 3.63) is 0 Å². The summed E-state index contributed by atoms with van der Waals surface area (Å²) in [4.78, 5) is 5.62. The number of fused-ring (bicyclic) bond motifs is 1. The Balaban J connectivity index is 1.66. The lowest BCUT2D eigenvalue weighted by molar-refractivity contribution is 0.0283. The quantitative estimate of drug-likeness (QED) is 0.757. The molecule has 0 aromatic heterocycles. The second-order valence-electron chi connectivity index (χ2n) is 7.30. The van der Waals surface area contributed by atoms with Gasteiger partial charge in [0, 0.05) is 31.7 Å². The Kier molecular flexibility index (Phi) is 3.44. The first-order valence-corrected chi connectivity index (χ1v) is 8.13. The third-order valence-electron chi connectivity index (χ3n) is 6.01. The zero-order chi connectivity index (χ0) is 12.8. The van der Waals surface area contributed by atoms with Gasteiger partial charge in [0.2, 0.25) is 0 Å². The van der Waals surface area contributed by atoms with Gasteiger partial charge < -0.3 is 0 Å². The average Bonchev–Trinajstić information content (AvgIpc) is 3.00. The lowest BCUT2D eigenvalue weighted by atomic mass is 9.90. The summed E-state index contributed by atoms with van der Waals surface area (Å²) in [6.45, 7) is 12.7. The molecule has 2 atom stereocenters. The number of nitrogens with zero attached hydrogens (tertiary/aromatic N) is 2. The maximum absolute atomic E-state index is 2.86. The molecule has 2 heteroatoms. The van der Waals surface area contributed by atoms with Gasteiger partial charge in [-0.05, 0) is 50.0 Å². The van der Waals surface area contributed by atoms with Crippen LogP contribution in [0.1, 0.15) is 52.9 Å². The normalized spacial score (nSPS) is 36.0.